The van der Waals surface area contributed by atoms with E-state index < -0.39 is 0 Å². The van der Waals surface area contributed by atoms with E-state index in [-0.39, 0.29) is 5.84 Å². The minimum absolute atomic E-state index is 0.0787. The molecule has 0 aliphatic heterocycles. The van der Waals surface area contributed by atoms with Crippen LogP contribution in [0.3, 0.4) is 0 Å². The third-order valence-corrected chi connectivity index (χ3v) is 3.96. The Labute approximate surface area is 124 Å². The Kier molecular flexibility index (Phi) is 3.56. The van der Waals surface area contributed by atoms with Gasteiger partial charge in [-0.2, -0.15) is 0 Å². The average Bonchev–Trinajstić information content (AvgIpc) is 2.53. The highest BCUT2D eigenvalue weighted by molar-refractivity contribution is 5.96. The summed E-state index contributed by atoms with van der Waals surface area (Å²) in [5.74, 6) is 1.04. The Bertz CT molecular complexity index is 680. The van der Waals surface area contributed by atoms with Crippen molar-refractivity contribution in [2.24, 2.45) is 5.73 Å². The lowest BCUT2D eigenvalue weighted by Crippen LogP contribution is -2.18. The highest BCUT2D eigenvalue weighted by atomic mass is 15.2. The molecule has 0 bridgehead atoms. The minimum Gasteiger partial charge on any atom is -0.384 e. The van der Waals surface area contributed by atoms with Crippen LogP contribution in [-0.2, 0) is 12.8 Å². The molecule has 1 aliphatic rings. The molecule has 1 aliphatic carbocycles. The molecule has 0 fully saturated rings. The maximum absolute atomic E-state index is 7.56. The zero-order valence-corrected chi connectivity index (χ0v) is 12.1. The Balaban J connectivity index is 2.01. The van der Waals surface area contributed by atoms with Crippen LogP contribution in [0.15, 0.2) is 30.6 Å². The lowest BCUT2D eigenvalue weighted by atomic mass is 9.96. The summed E-state index contributed by atoms with van der Waals surface area (Å²) >= 11 is 0. The molecule has 108 valence electrons. The van der Waals surface area contributed by atoms with E-state index in [2.05, 4.69) is 14.9 Å². The van der Waals surface area contributed by atoms with Gasteiger partial charge in [0.15, 0.2) is 0 Å². The Morgan fingerprint density at radius 2 is 2.05 bits per heavy atom. The van der Waals surface area contributed by atoms with Crippen LogP contribution in [0.2, 0.25) is 0 Å². The largest absolute Gasteiger partial charge is 0.384 e. The number of fused-ring (bicyclic) bond motifs is 1. The molecular formula is C16H19N5. The minimum atomic E-state index is 0.0787. The molecule has 3 N–H and O–H groups in total. The summed E-state index contributed by atoms with van der Waals surface area (Å²) in [6.45, 7) is 0. The van der Waals surface area contributed by atoms with Crippen molar-refractivity contribution >= 4 is 17.3 Å². The summed E-state index contributed by atoms with van der Waals surface area (Å²) < 4.78 is 0. The van der Waals surface area contributed by atoms with E-state index >= 15 is 0 Å². The fourth-order valence-electron chi connectivity index (χ4n) is 2.80. The van der Waals surface area contributed by atoms with Gasteiger partial charge in [0.2, 0.25) is 0 Å². The van der Waals surface area contributed by atoms with Crippen molar-refractivity contribution in [3.8, 4) is 0 Å². The number of anilines is 2. The van der Waals surface area contributed by atoms with Crippen molar-refractivity contribution in [3.63, 3.8) is 0 Å². The second-order valence-electron chi connectivity index (χ2n) is 5.35. The molecule has 0 saturated heterocycles. The number of hydrogen-bond acceptors (Lipinski definition) is 4. The number of hydrogen-bond donors (Lipinski definition) is 2. The number of nitrogens with zero attached hydrogens (tertiary/aromatic N) is 3. The highest BCUT2D eigenvalue weighted by Crippen LogP contribution is 2.30. The molecule has 1 heterocycles. The van der Waals surface area contributed by atoms with Gasteiger partial charge in [0.1, 0.15) is 18.0 Å². The van der Waals surface area contributed by atoms with Crippen molar-refractivity contribution in [1.29, 1.82) is 5.41 Å². The first kappa shape index (κ1) is 13.5. The van der Waals surface area contributed by atoms with Crippen molar-refractivity contribution in [1.82, 2.24) is 9.97 Å². The summed E-state index contributed by atoms with van der Waals surface area (Å²) in [5.41, 5.74) is 9.69. The summed E-state index contributed by atoms with van der Waals surface area (Å²) in [6, 6.07) is 7.68. The van der Waals surface area contributed by atoms with E-state index in [4.69, 9.17) is 11.1 Å². The number of nitrogens with one attached hydrogen (secondary N) is 1. The Morgan fingerprint density at radius 1 is 1.24 bits per heavy atom. The molecule has 1 aromatic heterocycles. The van der Waals surface area contributed by atoms with E-state index in [9.17, 15) is 0 Å². The maximum atomic E-state index is 7.56. The molecule has 5 heteroatoms. The third-order valence-electron chi connectivity index (χ3n) is 3.96. The van der Waals surface area contributed by atoms with Gasteiger partial charge in [-0.05, 0) is 37.8 Å². The first-order valence-electron chi connectivity index (χ1n) is 7.18. The SMILES string of the molecule is CN(c1cccc(C(=N)N)c1)c1ncnc2c1CCCC2. The molecule has 0 unspecified atom stereocenters. The van der Waals surface area contributed by atoms with Crippen LogP contribution in [0.25, 0.3) is 0 Å². The van der Waals surface area contributed by atoms with Crippen LogP contribution in [-0.4, -0.2) is 22.9 Å². The van der Waals surface area contributed by atoms with Crippen molar-refractivity contribution in [2.45, 2.75) is 25.7 Å². The standard InChI is InChI=1S/C16H19N5/c1-21(12-6-4-5-11(9-12)15(17)18)16-13-7-2-3-8-14(13)19-10-20-16/h4-6,9-10H,2-3,7-8H2,1H3,(H3,17,18). The molecule has 0 spiro atoms. The van der Waals surface area contributed by atoms with Gasteiger partial charge in [0.05, 0.1) is 0 Å². The number of rotatable bonds is 3. The van der Waals surface area contributed by atoms with E-state index in [1.165, 1.54) is 24.1 Å². The lowest BCUT2D eigenvalue weighted by molar-refractivity contribution is 0.661. The zero-order chi connectivity index (χ0) is 14.8. The van der Waals surface area contributed by atoms with Crippen LogP contribution < -0.4 is 10.6 Å². The predicted molar refractivity (Wildman–Crippen MR) is 84.2 cm³/mol. The van der Waals surface area contributed by atoms with Gasteiger partial charge in [0, 0.05) is 29.6 Å². The molecule has 21 heavy (non-hydrogen) atoms. The van der Waals surface area contributed by atoms with Gasteiger partial charge >= 0.3 is 0 Å². The highest BCUT2D eigenvalue weighted by Gasteiger charge is 2.18. The van der Waals surface area contributed by atoms with Crippen LogP contribution in [0, 0.1) is 5.41 Å². The van der Waals surface area contributed by atoms with E-state index in [1.807, 2.05) is 31.3 Å². The molecule has 1 aromatic carbocycles. The lowest BCUT2D eigenvalue weighted by Gasteiger charge is -2.25. The molecule has 3 rings (SSSR count). The van der Waals surface area contributed by atoms with Gasteiger partial charge in [-0.3, -0.25) is 5.41 Å². The van der Waals surface area contributed by atoms with Crippen molar-refractivity contribution in [2.75, 3.05) is 11.9 Å². The number of aryl methyl sites for hydroxylation is 1. The Morgan fingerprint density at radius 3 is 2.86 bits per heavy atom. The van der Waals surface area contributed by atoms with Gasteiger partial charge in [-0.25, -0.2) is 9.97 Å². The van der Waals surface area contributed by atoms with Crippen LogP contribution >= 0.6 is 0 Å². The van der Waals surface area contributed by atoms with Gasteiger partial charge in [-0.15, -0.1) is 0 Å². The summed E-state index contributed by atoms with van der Waals surface area (Å²) in [4.78, 5) is 10.9. The smallest absolute Gasteiger partial charge is 0.139 e. The van der Waals surface area contributed by atoms with Crippen LogP contribution in [0.4, 0.5) is 11.5 Å². The van der Waals surface area contributed by atoms with Gasteiger partial charge < -0.3 is 10.6 Å². The number of amidine groups is 1. The van der Waals surface area contributed by atoms with Crippen molar-refractivity contribution in [3.05, 3.63) is 47.4 Å². The van der Waals surface area contributed by atoms with E-state index in [0.29, 0.717) is 0 Å². The fraction of sp³-hybridized carbons (Fsp3) is 0.312. The van der Waals surface area contributed by atoms with E-state index in [0.717, 1.165) is 29.9 Å². The first-order chi connectivity index (χ1) is 10.2. The molecule has 2 aromatic rings. The second-order valence-corrected chi connectivity index (χ2v) is 5.35. The number of aromatic nitrogens is 2. The predicted octanol–water partition coefficient (Wildman–Crippen LogP) is 2.41. The molecule has 0 radical (unpaired) electrons. The van der Waals surface area contributed by atoms with Crippen molar-refractivity contribution < 1.29 is 0 Å². The third kappa shape index (κ3) is 2.59. The average molecular weight is 281 g/mol. The maximum Gasteiger partial charge on any atom is 0.139 e. The van der Waals surface area contributed by atoms with Crippen LogP contribution in [0.5, 0.6) is 0 Å². The normalized spacial score (nSPS) is 13.6. The van der Waals surface area contributed by atoms with Gasteiger partial charge in [0.25, 0.3) is 0 Å². The molecular weight excluding hydrogens is 262 g/mol. The summed E-state index contributed by atoms with van der Waals surface area (Å²) in [5, 5.41) is 7.56. The number of benzene rings is 1. The van der Waals surface area contributed by atoms with E-state index in [1.54, 1.807) is 6.33 Å². The number of nitrogen functional groups attached to an aromatic ring is 1. The monoisotopic (exact) mass is 281 g/mol. The molecule has 0 saturated carbocycles. The summed E-state index contributed by atoms with van der Waals surface area (Å²) in [6.07, 6.45) is 6.10. The zero-order valence-electron chi connectivity index (χ0n) is 12.1. The van der Waals surface area contributed by atoms with Crippen LogP contribution in [0.1, 0.15) is 29.7 Å². The topological polar surface area (TPSA) is 78.9 Å². The quantitative estimate of drug-likeness (QED) is 0.669. The Hall–Kier alpha value is -2.43. The fourth-order valence-corrected chi connectivity index (χ4v) is 2.80. The molecule has 5 nitrogen and oxygen atoms in total. The molecule has 0 atom stereocenters. The summed E-state index contributed by atoms with van der Waals surface area (Å²) in [7, 11) is 2.00. The second kappa shape index (κ2) is 5.52. The van der Waals surface area contributed by atoms with Gasteiger partial charge in [-0.1, -0.05) is 12.1 Å². The number of nitrogens with two attached hydrogens (primary N) is 1. The molecule has 0 amide bonds. The first-order valence-corrected chi connectivity index (χ1v) is 7.18.